The van der Waals surface area contributed by atoms with Gasteiger partial charge in [0.1, 0.15) is 11.0 Å². The Bertz CT molecular complexity index is 971. The van der Waals surface area contributed by atoms with Gasteiger partial charge in [0, 0.05) is 15.8 Å². The van der Waals surface area contributed by atoms with Crippen molar-refractivity contribution in [1.82, 2.24) is 0 Å². The normalized spacial score (nSPS) is 17.1. The van der Waals surface area contributed by atoms with Crippen molar-refractivity contribution in [2.45, 2.75) is 5.25 Å². The summed E-state index contributed by atoms with van der Waals surface area (Å²) in [5.41, 5.74) is 0.952. The van der Waals surface area contributed by atoms with Gasteiger partial charge in [-0.2, -0.15) is 0 Å². The Hall–Kier alpha value is -1.54. The van der Waals surface area contributed by atoms with Gasteiger partial charge in [-0.05, 0) is 35.4 Å². The fourth-order valence-corrected chi connectivity index (χ4v) is 5.99. The Balaban J connectivity index is 2.00. The molecule has 0 bridgehead atoms. The van der Waals surface area contributed by atoms with Gasteiger partial charge in [0.15, 0.2) is 14.9 Å². The molecule has 0 aliphatic carbocycles. The van der Waals surface area contributed by atoms with Gasteiger partial charge < -0.3 is 0 Å². The molecule has 0 fully saturated rings. The Morgan fingerprint density at radius 1 is 1.00 bits per heavy atom. The number of sulfone groups is 1. The van der Waals surface area contributed by atoms with E-state index in [4.69, 9.17) is 23.2 Å². The van der Waals surface area contributed by atoms with E-state index in [-0.39, 0.29) is 17.3 Å². The highest BCUT2D eigenvalue weighted by Gasteiger charge is 2.34. The zero-order valence-corrected chi connectivity index (χ0v) is 17.1. The van der Waals surface area contributed by atoms with E-state index in [2.05, 4.69) is 4.99 Å². The maximum atomic E-state index is 13.1. The van der Waals surface area contributed by atoms with Crippen LogP contribution in [0.4, 0.5) is 0 Å². The summed E-state index contributed by atoms with van der Waals surface area (Å²) in [6, 6.07) is 12.8. The molecule has 1 aliphatic heterocycles. The number of hydrogen-bond acceptors (Lipinski definition) is 5. The third-order valence-corrected chi connectivity index (χ3v) is 7.80. The van der Waals surface area contributed by atoms with Gasteiger partial charge in [-0.25, -0.2) is 8.42 Å². The summed E-state index contributed by atoms with van der Waals surface area (Å²) < 4.78 is 38.1. The summed E-state index contributed by atoms with van der Waals surface area (Å²) in [4.78, 5) is 16.3. The number of benzene rings is 2. The molecule has 0 spiro atoms. The molecule has 9 heteroatoms. The van der Waals surface area contributed by atoms with Crippen LogP contribution in [0.3, 0.4) is 0 Å². The molecule has 27 heavy (non-hydrogen) atoms. The second-order valence-corrected chi connectivity index (χ2v) is 10.4. The first kappa shape index (κ1) is 20.2. The maximum Gasteiger partial charge on any atom is 0.204 e. The average Bonchev–Trinajstić information content (AvgIpc) is 3.04. The molecule has 142 valence electrons. The third kappa shape index (κ3) is 4.66. The van der Waals surface area contributed by atoms with Crippen molar-refractivity contribution in [3.05, 3.63) is 69.7 Å². The minimum atomic E-state index is -3.97. The Kier molecular flexibility index (Phi) is 6.15. The van der Waals surface area contributed by atoms with Crippen molar-refractivity contribution in [1.29, 1.82) is 0 Å². The summed E-state index contributed by atoms with van der Waals surface area (Å²) in [7, 11) is -5.50. The summed E-state index contributed by atoms with van der Waals surface area (Å²) in [6.07, 6.45) is 0. The van der Waals surface area contributed by atoms with Crippen molar-refractivity contribution in [2.24, 2.45) is 4.99 Å². The van der Waals surface area contributed by atoms with E-state index in [0.29, 0.717) is 21.2 Å². The number of aliphatic imine (C=N–C) groups is 1. The molecule has 5 nitrogen and oxygen atoms in total. The fourth-order valence-electron chi connectivity index (χ4n) is 2.82. The first-order valence-electron chi connectivity index (χ1n) is 7.96. The van der Waals surface area contributed by atoms with Crippen molar-refractivity contribution in [2.75, 3.05) is 18.1 Å². The topological polar surface area (TPSA) is 80.6 Å². The van der Waals surface area contributed by atoms with Crippen molar-refractivity contribution in [3.8, 4) is 0 Å². The van der Waals surface area contributed by atoms with Crippen LogP contribution in [-0.2, 0) is 25.4 Å². The second kappa shape index (κ2) is 8.22. The van der Waals surface area contributed by atoms with Gasteiger partial charge in [-0.1, -0.05) is 47.5 Å². The smallest absolute Gasteiger partial charge is 0.204 e. The van der Waals surface area contributed by atoms with E-state index in [1.807, 2.05) is 0 Å². The van der Waals surface area contributed by atoms with E-state index in [1.165, 1.54) is 0 Å². The molecule has 1 aliphatic rings. The first-order valence-corrected chi connectivity index (χ1v) is 11.8. The molecule has 0 saturated carbocycles. The molecule has 2 aromatic carbocycles. The zero-order chi connectivity index (χ0) is 19.6. The number of carbonyl (C=O) groups is 1. The van der Waals surface area contributed by atoms with Crippen LogP contribution in [0.15, 0.2) is 53.5 Å². The number of Topliss-reactive ketones (excluding diaryl/α,β-unsaturated/α-hetero) is 1. The largest absolute Gasteiger partial charge is 0.291 e. The van der Waals surface area contributed by atoms with Crippen molar-refractivity contribution < 1.29 is 17.4 Å². The van der Waals surface area contributed by atoms with Crippen LogP contribution in [0.5, 0.6) is 0 Å². The Morgan fingerprint density at radius 3 is 1.89 bits per heavy atom. The predicted octanol–water partition coefficient (Wildman–Crippen LogP) is 3.23. The number of hydrogen-bond donors (Lipinski definition) is 0. The number of carbonyl (C=O) groups excluding carboxylic acids is 1. The van der Waals surface area contributed by atoms with Gasteiger partial charge >= 0.3 is 0 Å². The summed E-state index contributed by atoms with van der Waals surface area (Å²) in [5, 5.41) is -0.286. The number of nitrogens with zero attached hydrogens (tertiary/aromatic N) is 1. The molecular weight excluding hydrogens is 429 g/mol. The van der Waals surface area contributed by atoms with Crippen LogP contribution in [-0.4, -0.2) is 41.5 Å². The molecule has 0 N–H and O–H groups in total. The standard InChI is InChI=1S/C18H15Cl2NO4S2/c19-14-5-1-12(2-6-14)17(13-3-7-15(20)8-4-13)27(24,25)11-16(22)18-21-9-10-26(18)23/h1-8,17H,9-11H2. The minimum Gasteiger partial charge on any atom is -0.291 e. The van der Waals surface area contributed by atoms with Crippen LogP contribution in [0.2, 0.25) is 10.0 Å². The van der Waals surface area contributed by atoms with Crippen LogP contribution in [0, 0.1) is 0 Å². The number of halogens is 2. The Morgan fingerprint density at radius 2 is 1.48 bits per heavy atom. The molecule has 2 aromatic rings. The molecular formula is C18H15Cl2NO4S2. The monoisotopic (exact) mass is 443 g/mol. The maximum absolute atomic E-state index is 13.1. The van der Waals surface area contributed by atoms with E-state index in [0.717, 1.165) is 0 Å². The van der Waals surface area contributed by atoms with Crippen LogP contribution < -0.4 is 0 Å². The Labute approximate surface area is 169 Å². The quantitative estimate of drug-likeness (QED) is 0.685. The van der Waals surface area contributed by atoms with Gasteiger partial charge in [-0.15, -0.1) is 0 Å². The van der Waals surface area contributed by atoms with E-state index >= 15 is 0 Å². The van der Waals surface area contributed by atoms with Crippen LogP contribution in [0.1, 0.15) is 16.4 Å². The van der Waals surface area contributed by atoms with Gasteiger partial charge in [0.2, 0.25) is 5.78 Å². The van der Waals surface area contributed by atoms with Gasteiger partial charge in [0.05, 0.1) is 17.3 Å². The van der Waals surface area contributed by atoms with Gasteiger partial charge in [0.25, 0.3) is 0 Å². The van der Waals surface area contributed by atoms with E-state index in [9.17, 15) is 17.4 Å². The lowest BCUT2D eigenvalue weighted by atomic mass is 10.0. The summed E-state index contributed by atoms with van der Waals surface area (Å²) >= 11 is 11.8. The molecule has 0 saturated heterocycles. The SMILES string of the molecule is O=C(CS(=O)(=O)C(c1ccc(Cl)cc1)c1ccc(Cl)cc1)C1=NCCS1=O. The molecule has 1 atom stereocenters. The number of ketones is 1. The zero-order valence-electron chi connectivity index (χ0n) is 14.0. The number of rotatable bonds is 6. The molecule has 0 radical (unpaired) electrons. The molecule has 0 aromatic heterocycles. The minimum absolute atomic E-state index is 0.149. The highest BCUT2D eigenvalue weighted by Crippen LogP contribution is 2.32. The summed E-state index contributed by atoms with van der Waals surface area (Å²) in [5.74, 6) is -1.24. The van der Waals surface area contributed by atoms with Crippen LogP contribution in [0.25, 0.3) is 0 Å². The first-order chi connectivity index (χ1) is 12.8. The lowest BCUT2D eigenvalue weighted by Crippen LogP contribution is -2.29. The highest BCUT2D eigenvalue weighted by atomic mass is 35.5. The van der Waals surface area contributed by atoms with Crippen molar-refractivity contribution in [3.63, 3.8) is 0 Å². The lowest BCUT2D eigenvalue weighted by molar-refractivity contribution is -0.110. The highest BCUT2D eigenvalue weighted by molar-refractivity contribution is 8.03. The predicted molar refractivity (Wildman–Crippen MR) is 109 cm³/mol. The molecule has 3 rings (SSSR count). The molecule has 1 heterocycles. The second-order valence-electron chi connectivity index (χ2n) is 5.95. The van der Waals surface area contributed by atoms with E-state index < -0.39 is 37.4 Å². The fraction of sp³-hybridized carbons (Fsp3) is 0.222. The lowest BCUT2D eigenvalue weighted by Gasteiger charge is -2.18. The molecule has 0 amide bonds. The van der Waals surface area contributed by atoms with Crippen molar-refractivity contribution >= 4 is 54.7 Å². The van der Waals surface area contributed by atoms with Gasteiger partial charge in [-0.3, -0.25) is 14.0 Å². The average molecular weight is 444 g/mol. The molecule has 1 unspecified atom stereocenters. The van der Waals surface area contributed by atoms with Crippen LogP contribution >= 0.6 is 23.2 Å². The summed E-state index contributed by atoms with van der Waals surface area (Å²) in [6.45, 7) is 0.269. The van der Waals surface area contributed by atoms with E-state index in [1.54, 1.807) is 48.5 Å². The third-order valence-electron chi connectivity index (χ3n) is 4.02.